The van der Waals surface area contributed by atoms with Gasteiger partial charge in [0.15, 0.2) is 19.5 Å². The number of carbonyl (C=O) groups is 1. The van der Waals surface area contributed by atoms with Crippen LogP contribution in [0.15, 0.2) is 45.1 Å². The van der Waals surface area contributed by atoms with E-state index in [1.165, 1.54) is 11.7 Å². The van der Waals surface area contributed by atoms with Crippen LogP contribution in [-0.2, 0) is 11.3 Å². The average molecular weight is 428 g/mol. The topological polar surface area (TPSA) is 74.1 Å². The van der Waals surface area contributed by atoms with E-state index >= 15 is 0 Å². The predicted octanol–water partition coefficient (Wildman–Crippen LogP) is 4.28. The number of allylic oxidation sites excluding steroid dienone is 1. The second kappa shape index (κ2) is 7.79. The Morgan fingerprint density at radius 2 is 2.19 bits per heavy atom. The van der Waals surface area contributed by atoms with E-state index in [9.17, 15) is 9.59 Å². The van der Waals surface area contributed by atoms with Crippen LogP contribution >= 0.6 is 46.3 Å². The van der Waals surface area contributed by atoms with Crippen LogP contribution in [-0.4, -0.2) is 27.6 Å². The SMILES string of the molecule is C=CCn1c(Sc2nc(Cl)c(C(=O)OC)s2)nc2cc(Cl)ccc2c1=O. The minimum atomic E-state index is -0.568. The molecule has 134 valence electrons. The maximum atomic E-state index is 12.8. The zero-order chi connectivity index (χ0) is 18.8. The lowest BCUT2D eigenvalue weighted by molar-refractivity contribution is 0.0606. The summed E-state index contributed by atoms with van der Waals surface area (Å²) in [5.74, 6) is -0.568. The van der Waals surface area contributed by atoms with Crippen LogP contribution in [0, 0.1) is 0 Å². The van der Waals surface area contributed by atoms with Crippen molar-refractivity contribution < 1.29 is 9.53 Å². The highest BCUT2D eigenvalue weighted by atomic mass is 35.5. The Morgan fingerprint density at radius 1 is 1.42 bits per heavy atom. The minimum absolute atomic E-state index is 0.0470. The number of thiazole rings is 1. The molecule has 3 aromatic rings. The van der Waals surface area contributed by atoms with Gasteiger partial charge in [0, 0.05) is 11.6 Å². The van der Waals surface area contributed by atoms with E-state index in [0.717, 1.165) is 23.1 Å². The first kappa shape index (κ1) is 18.9. The number of hydrogen-bond donors (Lipinski definition) is 0. The van der Waals surface area contributed by atoms with Crippen molar-refractivity contribution in [2.24, 2.45) is 0 Å². The van der Waals surface area contributed by atoms with Gasteiger partial charge in [0.25, 0.3) is 5.56 Å². The number of hydrogen-bond acceptors (Lipinski definition) is 7. The summed E-state index contributed by atoms with van der Waals surface area (Å²) in [6.45, 7) is 3.95. The third-order valence-electron chi connectivity index (χ3n) is 3.31. The van der Waals surface area contributed by atoms with Crippen molar-refractivity contribution in [2.45, 2.75) is 16.0 Å². The Morgan fingerprint density at radius 3 is 2.88 bits per heavy atom. The Bertz CT molecular complexity index is 1080. The molecule has 6 nitrogen and oxygen atoms in total. The molecule has 0 fully saturated rings. The number of rotatable bonds is 5. The van der Waals surface area contributed by atoms with Crippen LogP contribution in [0.1, 0.15) is 9.67 Å². The van der Waals surface area contributed by atoms with Gasteiger partial charge in [-0.15, -0.1) is 6.58 Å². The predicted molar refractivity (Wildman–Crippen MR) is 104 cm³/mol. The molecule has 0 aliphatic rings. The van der Waals surface area contributed by atoms with E-state index in [-0.39, 0.29) is 22.1 Å². The van der Waals surface area contributed by atoms with Crippen molar-refractivity contribution in [3.8, 4) is 0 Å². The van der Waals surface area contributed by atoms with Gasteiger partial charge < -0.3 is 4.74 Å². The van der Waals surface area contributed by atoms with E-state index in [4.69, 9.17) is 23.2 Å². The standard InChI is InChI=1S/C16H11Cl2N3O3S2/c1-3-6-21-13(22)9-5-4-8(17)7-10(9)19-15(21)26-16-20-12(18)11(25-16)14(23)24-2/h3-5,7H,1,6H2,2H3. The smallest absolute Gasteiger partial charge is 0.351 e. The molecular weight excluding hydrogens is 417 g/mol. The second-order valence-corrected chi connectivity index (χ2v) is 7.96. The fourth-order valence-electron chi connectivity index (χ4n) is 2.17. The molecule has 0 bridgehead atoms. The van der Waals surface area contributed by atoms with Crippen molar-refractivity contribution in [3.05, 3.63) is 56.3 Å². The molecular formula is C16H11Cl2N3O3S2. The van der Waals surface area contributed by atoms with Crippen molar-refractivity contribution in [1.82, 2.24) is 14.5 Å². The first-order valence-corrected chi connectivity index (χ1v) is 9.57. The molecule has 2 heterocycles. The highest BCUT2D eigenvalue weighted by molar-refractivity contribution is 8.00. The number of fused-ring (bicyclic) bond motifs is 1. The summed E-state index contributed by atoms with van der Waals surface area (Å²) in [6, 6.07) is 4.90. The maximum Gasteiger partial charge on any atom is 0.351 e. The molecule has 0 amide bonds. The number of ether oxygens (including phenoxy) is 1. The fourth-order valence-corrected chi connectivity index (χ4v) is 4.66. The molecule has 2 aromatic heterocycles. The highest BCUT2D eigenvalue weighted by Gasteiger charge is 2.20. The molecule has 0 N–H and O–H groups in total. The van der Waals surface area contributed by atoms with E-state index in [1.807, 2.05) is 0 Å². The van der Waals surface area contributed by atoms with E-state index in [2.05, 4.69) is 21.3 Å². The molecule has 0 spiro atoms. The molecule has 0 aliphatic heterocycles. The zero-order valence-electron chi connectivity index (χ0n) is 13.4. The minimum Gasteiger partial charge on any atom is -0.465 e. The van der Waals surface area contributed by atoms with E-state index in [1.54, 1.807) is 24.3 Å². The van der Waals surface area contributed by atoms with Gasteiger partial charge in [-0.1, -0.05) is 40.6 Å². The summed E-state index contributed by atoms with van der Waals surface area (Å²) < 4.78 is 6.60. The molecule has 0 atom stereocenters. The lowest BCUT2D eigenvalue weighted by atomic mass is 10.2. The third kappa shape index (κ3) is 3.64. The van der Waals surface area contributed by atoms with Crippen LogP contribution in [0.25, 0.3) is 10.9 Å². The van der Waals surface area contributed by atoms with E-state index in [0.29, 0.717) is 25.4 Å². The number of aromatic nitrogens is 3. The van der Waals surface area contributed by atoms with Gasteiger partial charge in [0.2, 0.25) is 0 Å². The normalized spacial score (nSPS) is 10.9. The lowest BCUT2D eigenvalue weighted by Gasteiger charge is -2.10. The molecule has 0 unspecified atom stereocenters. The monoisotopic (exact) mass is 427 g/mol. The van der Waals surface area contributed by atoms with Gasteiger partial charge in [0.05, 0.1) is 18.0 Å². The summed E-state index contributed by atoms with van der Waals surface area (Å²) in [5.41, 5.74) is 0.256. The van der Waals surface area contributed by atoms with Crippen LogP contribution in [0.3, 0.4) is 0 Å². The third-order valence-corrected chi connectivity index (χ3v) is 6.02. The second-order valence-electron chi connectivity index (χ2n) is 4.95. The first-order valence-electron chi connectivity index (χ1n) is 7.18. The van der Waals surface area contributed by atoms with Crippen LogP contribution in [0.4, 0.5) is 0 Å². The van der Waals surface area contributed by atoms with Gasteiger partial charge in [0.1, 0.15) is 0 Å². The van der Waals surface area contributed by atoms with Gasteiger partial charge in [-0.05, 0) is 30.0 Å². The van der Waals surface area contributed by atoms with Crippen molar-refractivity contribution >= 4 is 63.2 Å². The van der Waals surface area contributed by atoms with Gasteiger partial charge >= 0.3 is 5.97 Å². The molecule has 0 saturated carbocycles. The molecule has 0 radical (unpaired) electrons. The molecule has 0 aliphatic carbocycles. The number of esters is 1. The maximum absolute atomic E-state index is 12.8. The molecule has 0 saturated heterocycles. The van der Waals surface area contributed by atoms with Crippen molar-refractivity contribution in [1.29, 1.82) is 0 Å². The lowest BCUT2D eigenvalue weighted by Crippen LogP contribution is -2.22. The Labute approximate surface area is 166 Å². The largest absolute Gasteiger partial charge is 0.465 e. The molecule has 3 rings (SSSR count). The number of methoxy groups -OCH3 is 1. The van der Waals surface area contributed by atoms with Crippen LogP contribution in [0.5, 0.6) is 0 Å². The van der Waals surface area contributed by atoms with Gasteiger partial charge in [-0.2, -0.15) is 0 Å². The number of benzene rings is 1. The summed E-state index contributed by atoms with van der Waals surface area (Å²) in [7, 11) is 1.27. The molecule has 26 heavy (non-hydrogen) atoms. The number of carbonyl (C=O) groups excluding carboxylic acids is 1. The van der Waals surface area contributed by atoms with Crippen LogP contribution in [0.2, 0.25) is 10.2 Å². The van der Waals surface area contributed by atoms with Gasteiger partial charge in [-0.25, -0.2) is 14.8 Å². The average Bonchev–Trinajstić information content (AvgIpc) is 2.97. The van der Waals surface area contributed by atoms with Crippen molar-refractivity contribution in [3.63, 3.8) is 0 Å². The number of nitrogens with zero attached hydrogens (tertiary/aromatic N) is 3. The van der Waals surface area contributed by atoms with Crippen LogP contribution < -0.4 is 5.56 Å². The highest BCUT2D eigenvalue weighted by Crippen LogP contribution is 2.34. The Balaban J connectivity index is 2.12. The Hall–Kier alpha value is -1.87. The fraction of sp³-hybridized carbons (Fsp3) is 0.125. The Kier molecular flexibility index (Phi) is 5.67. The summed E-state index contributed by atoms with van der Waals surface area (Å²) in [5, 5.41) is 1.37. The summed E-state index contributed by atoms with van der Waals surface area (Å²) >= 11 is 14.2. The van der Waals surface area contributed by atoms with E-state index < -0.39 is 5.97 Å². The summed E-state index contributed by atoms with van der Waals surface area (Å²) in [4.78, 5) is 33.3. The zero-order valence-corrected chi connectivity index (χ0v) is 16.5. The van der Waals surface area contributed by atoms with Gasteiger partial charge in [-0.3, -0.25) is 9.36 Å². The molecule has 10 heteroatoms. The quantitative estimate of drug-likeness (QED) is 0.343. The molecule has 1 aromatic carbocycles. The summed E-state index contributed by atoms with van der Waals surface area (Å²) in [6.07, 6.45) is 1.60. The number of halogens is 2. The van der Waals surface area contributed by atoms with Crippen molar-refractivity contribution in [2.75, 3.05) is 7.11 Å². The first-order chi connectivity index (χ1) is 12.4.